The molecule has 0 unspecified atom stereocenters. The minimum Gasteiger partial charge on any atom is -0.481 e. The van der Waals surface area contributed by atoms with Crippen LogP contribution >= 0.6 is 11.8 Å². The van der Waals surface area contributed by atoms with Crippen molar-refractivity contribution in [1.82, 2.24) is 9.97 Å². The number of nitrogens with two attached hydrogens (primary N) is 1. The third-order valence-electron chi connectivity index (χ3n) is 1.32. The Morgan fingerprint density at radius 1 is 1.36 bits per heavy atom. The number of ether oxygens (including phenoxy) is 1. The largest absolute Gasteiger partial charge is 0.481 e. The predicted molar refractivity (Wildman–Crippen MR) is 58.6 cm³/mol. The highest BCUT2D eigenvalue weighted by Crippen LogP contribution is 2.31. The van der Waals surface area contributed by atoms with Crippen molar-refractivity contribution < 1.29 is 4.74 Å². The first kappa shape index (κ1) is 11.1. The highest BCUT2D eigenvalue weighted by molar-refractivity contribution is 8.00. The van der Waals surface area contributed by atoms with Gasteiger partial charge in [-0.1, -0.05) is 20.8 Å². The van der Waals surface area contributed by atoms with Gasteiger partial charge in [0, 0.05) is 10.8 Å². The lowest BCUT2D eigenvalue weighted by molar-refractivity contribution is 0.396. The first-order valence-corrected chi connectivity index (χ1v) is 5.10. The monoisotopic (exact) mass is 213 g/mol. The average Bonchev–Trinajstić information content (AvgIpc) is 1.99. The van der Waals surface area contributed by atoms with Gasteiger partial charge >= 0.3 is 0 Å². The number of nitrogens with zero attached hydrogens (tertiary/aromatic N) is 2. The van der Waals surface area contributed by atoms with Crippen LogP contribution in [0.15, 0.2) is 11.1 Å². The van der Waals surface area contributed by atoms with E-state index < -0.39 is 0 Å². The van der Waals surface area contributed by atoms with Gasteiger partial charge in [-0.05, 0) is 0 Å². The lowest BCUT2D eigenvalue weighted by Gasteiger charge is -2.16. The summed E-state index contributed by atoms with van der Waals surface area (Å²) < 4.78 is 5.11. The molecule has 1 aromatic heterocycles. The zero-order valence-electron chi connectivity index (χ0n) is 8.87. The first-order chi connectivity index (χ1) is 6.40. The van der Waals surface area contributed by atoms with Gasteiger partial charge in [-0.2, -0.15) is 4.98 Å². The highest BCUT2D eigenvalue weighted by atomic mass is 32.2. The zero-order chi connectivity index (χ0) is 10.8. The SMILES string of the molecule is COc1cc(SC(C)(C)C)nc(N)n1. The third-order valence-corrected chi connectivity index (χ3v) is 2.35. The van der Waals surface area contributed by atoms with Crippen LogP contribution in [0.1, 0.15) is 20.8 Å². The molecule has 5 heteroatoms. The van der Waals surface area contributed by atoms with Crippen LogP contribution in [0, 0.1) is 0 Å². The van der Waals surface area contributed by atoms with E-state index in [1.807, 2.05) is 0 Å². The van der Waals surface area contributed by atoms with Crippen LogP contribution in [0.25, 0.3) is 0 Å². The van der Waals surface area contributed by atoms with Crippen molar-refractivity contribution in [2.75, 3.05) is 12.8 Å². The molecule has 1 heterocycles. The van der Waals surface area contributed by atoms with Gasteiger partial charge in [0.2, 0.25) is 11.8 Å². The van der Waals surface area contributed by atoms with Crippen LogP contribution in [0.3, 0.4) is 0 Å². The molecular formula is C9H15N3OS. The summed E-state index contributed by atoms with van der Waals surface area (Å²) in [6, 6.07) is 1.78. The summed E-state index contributed by atoms with van der Waals surface area (Å²) in [6.07, 6.45) is 0. The second kappa shape index (κ2) is 4.04. The molecule has 0 aromatic carbocycles. The molecule has 0 radical (unpaired) electrons. The van der Waals surface area contributed by atoms with Crippen molar-refractivity contribution in [3.63, 3.8) is 0 Å². The van der Waals surface area contributed by atoms with Gasteiger partial charge in [0.25, 0.3) is 0 Å². The van der Waals surface area contributed by atoms with Crippen LogP contribution in [-0.4, -0.2) is 21.8 Å². The number of methoxy groups -OCH3 is 1. The molecule has 1 aromatic rings. The maximum Gasteiger partial charge on any atom is 0.224 e. The van der Waals surface area contributed by atoms with E-state index in [-0.39, 0.29) is 10.7 Å². The van der Waals surface area contributed by atoms with Crippen LogP contribution in [-0.2, 0) is 0 Å². The van der Waals surface area contributed by atoms with Crippen molar-refractivity contribution >= 4 is 17.7 Å². The molecule has 2 N–H and O–H groups in total. The van der Waals surface area contributed by atoms with Gasteiger partial charge in [-0.15, -0.1) is 11.8 Å². The van der Waals surface area contributed by atoms with Crippen LogP contribution < -0.4 is 10.5 Å². The Bertz CT molecular complexity index is 322. The quantitative estimate of drug-likeness (QED) is 0.601. The first-order valence-electron chi connectivity index (χ1n) is 4.28. The number of hydrogen-bond acceptors (Lipinski definition) is 5. The van der Waals surface area contributed by atoms with E-state index in [0.717, 1.165) is 5.03 Å². The molecule has 0 saturated carbocycles. The maximum absolute atomic E-state index is 5.54. The Balaban J connectivity index is 2.92. The number of nitrogen functional groups attached to an aromatic ring is 1. The standard InChI is InChI=1S/C9H15N3OS/c1-9(2,3)14-7-5-6(13-4)11-8(10)12-7/h5H,1-4H3,(H2,10,11,12). The minimum atomic E-state index is 0.103. The van der Waals surface area contributed by atoms with E-state index >= 15 is 0 Å². The molecule has 0 bridgehead atoms. The minimum absolute atomic E-state index is 0.103. The van der Waals surface area contributed by atoms with E-state index in [9.17, 15) is 0 Å². The molecule has 0 spiro atoms. The van der Waals surface area contributed by atoms with Gasteiger partial charge in [0.1, 0.15) is 5.03 Å². The van der Waals surface area contributed by atoms with Crippen LogP contribution in [0.4, 0.5) is 5.95 Å². The van der Waals surface area contributed by atoms with Crippen molar-refractivity contribution in [3.05, 3.63) is 6.07 Å². The van der Waals surface area contributed by atoms with Gasteiger partial charge < -0.3 is 10.5 Å². The summed E-state index contributed by atoms with van der Waals surface area (Å²) in [5.41, 5.74) is 5.54. The molecular weight excluding hydrogens is 198 g/mol. The Hall–Kier alpha value is -0.970. The predicted octanol–water partition coefficient (Wildman–Crippen LogP) is 1.96. The molecule has 0 fully saturated rings. The second-order valence-corrected chi connectivity index (χ2v) is 5.67. The number of anilines is 1. The molecule has 0 saturated heterocycles. The Morgan fingerprint density at radius 3 is 2.50 bits per heavy atom. The topological polar surface area (TPSA) is 61.0 Å². The zero-order valence-corrected chi connectivity index (χ0v) is 9.68. The Kier molecular flexibility index (Phi) is 3.21. The number of hydrogen-bond donors (Lipinski definition) is 1. The third kappa shape index (κ3) is 3.41. The summed E-state index contributed by atoms with van der Waals surface area (Å²) in [6.45, 7) is 6.34. The van der Waals surface area contributed by atoms with Crippen molar-refractivity contribution in [3.8, 4) is 5.88 Å². The summed E-state index contributed by atoms with van der Waals surface area (Å²) in [5, 5.41) is 0.835. The number of thioether (sulfide) groups is 1. The van der Waals surface area contributed by atoms with E-state index in [2.05, 4.69) is 30.7 Å². The molecule has 0 atom stereocenters. The van der Waals surface area contributed by atoms with Gasteiger partial charge in [-0.3, -0.25) is 0 Å². The van der Waals surface area contributed by atoms with Crippen LogP contribution in [0.5, 0.6) is 5.88 Å². The Morgan fingerprint density at radius 2 is 2.00 bits per heavy atom. The van der Waals surface area contributed by atoms with Gasteiger partial charge in [0.05, 0.1) is 7.11 Å². The molecule has 14 heavy (non-hydrogen) atoms. The smallest absolute Gasteiger partial charge is 0.224 e. The fourth-order valence-corrected chi connectivity index (χ4v) is 1.82. The van der Waals surface area contributed by atoms with Crippen LogP contribution in [0.2, 0.25) is 0 Å². The fraction of sp³-hybridized carbons (Fsp3) is 0.556. The molecule has 0 aliphatic rings. The molecule has 0 amide bonds. The lowest BCUT2D eigenvalue weighted by atomic mass is 10.3. The summed E-state index contributed by atoms with van der Waals surface area (Å²) in [4.78, 5) is 8.03. The average molecular weight is 213 g/mol. The van der Waals surface area contributed by atoms with Crippen molar-refractivity contribution in [2.45, 2.75) is 30.5 Å². The van der Waals surface area contributed by atoms with E-state index in [0.29, 0.717) is 5.88 Å². The molecule has 4 nitrogen and oxygen atoms in total. The van der Waals surface area contributed by atoms with E-state index in [1.54, 1.807) is 24.9 Å². The van der Waals surface area contributed by atoms with E-state index in [4.69, 9.17) is 10.5 Å². The maximum atomic E-state index is 5.54. The summed E-state index contributed by atoms with van der Waals surface area (Å²) >= 11 is 1.63. The van der Waals surface area contributed by atoms with Gasteiger partial charge in [0.15, 0.2) is 0 Å². The molecule has 78 valence electrons. The second-order valence-electron chi connectivity index (χ2n) is 3.82. The van der Waals surface area contributed by atoms with E-state index in [1.165, 1.54) is 0 Å². The Labute approximate surface area is 88.3 Å². The summed E-state index contributed by atoms with van der Waals surface area (Å²) in [5.74, 6) is 0.750. The van der Waals surface area contributed by atoms with Crippen molar-refractivity contribution in [1.29, 1.82) is 0 Å². The molecule has 0 aliphatic carbocycles. The molecule has 0 aliphatic heterocycles. The molecule has 1 rings (SSSR count). The number of rotatable bonds is 2. The van der Waals surface area contributed by atoms with Gasteiger partial charge in [-0.25, -0.2) is 4.98 Å². The summed E-state index contributed by atoms with van der Waals surface area (Å²) in [7, 11) is 1.56. The normalized spacial score (nSPS) is 11.4. The highest BCUT2D eigenvalue weighted by Gasteiger charge is 2.14. The fourth-order valence-electron chi connectivity index (χ4n) is 0.892. The van der Waals surface area contributed by atoms with Crippen molar-refractivity contribution in [2.24, 2.45) is 0 Å². The number of aromatic nitrogens is 2. The lowest BCUT2D eigenvalue weighted by Crippen LogP contribution is -2.08.